The fourth-order valence-corrected chi connectivity index (χ4v) is 2.73. The number of methoxy groups -OCH3 is 2. The number of aromatic nitrogens is 1. The number of amides is 1. The molecule has 2 aromatic rings. The molecular formula is C15H17IN2O4. The molecule has 1 N–H and O–H groups in total. The summed E-state index contributed by atoms with van der Waals surface area (Å²) in [6, 6.07) is 3.44. The highest BCUT2D eigenvalue weighted by Gasteiger charge is 2.17. The van der Waals surface area contributed by atoms with E-state index < -0.39 is 0 Å². The van der Waals surface area contributed by atoms with Crippen LogP contribution in [-0.2, 0) is 6.54 Å². The first kappa shape index (κ1) is 16.6. The molecule has 0 unspecified atom stereocenters. The Morgan fingerprint density at radius 2 is 1.91 bits per heavy atom. The van der Waals surface area contributed by atoms with Crippen LogP contribution < -0.4 is 14.8 Å². The highest BCUT2D eigenvalue weighted by molar-refractivity contribution is 14.1. The van der Waals surface area contributed by atoms with E-state index >= 15 is 0 Å². The lowest BCUT2D eigenvalue weighted by Crippen LogP contribution is -2.24. The second-order valence-electron chi connectivity index (χ2n) is 4.67. The van der Waals surface area contributed by atoms with Crippen molar-refractivity contribution in [2.45, 2.75) is 20.4 Å². The molecule has 22 heavy (non-hydrogen) atoms. The molecule has 1 amide bonds. The van der Waals surface area contributed by atoms with Crippen LogP contribution in [0.15, 0.2) is 16.7 Å². The minimum atomic E-state index is -0.189. The van der Waals surface area contributed by atoms with E-state index in [0.717, 1.165) is 14.8 Å². The monoisotopic (exact) mass is 416 g/mol. The number of aryl methyl sites for hydroxylation is 2. The van der Waals surface area contributed by atoms with Crippen molar-refractivity contribution in [1.29, 1.82) is 0 Å². The van der Waals surface area contributed by atoms with Gasteiger partial charge in [-0.15, -0.1) is 0 Å². The van der Waals surface area contributed by atoms with Gasteiger partial charge < -0.3 is 19.3 Å². The zero-order valence-corrected chi connectivity index (χ0v) is 15.0. The SMILES string of the molecule is COc1cc(I)c(C(=O)NCc2c(C)noc2C)cc1OC. The average molecular weight is 416 g/mol. The summed E-state index contributed by atoms with van der Waals surface area (Å²) < 4.78 is 16.3. The summed E-state index contributed by atoms with van der Waals surface area (Å²) in [6.45, 7) is 4.03. The van der Waals surface area contributed by atoms with E-state index in [1.807, 2.05) is 13.8 Å². The number of hydrogen-bond acceptors (Lipinski definition) is 5. The summed E-state index contributed by atoms with van der Waals surface area (Å²) in [7, 11) is 3.10. The van der Waals surface area contributed by atoms with Gasteiger partial charge in [0.25, 0.3) is 5.91 Å². The number of benzene rings is 1. The first-order valence-electron chi connectivity index (χ1n) is 6.59. The van der Waals surface area contributed by atoms with Gasteiger partial charge in [0.15, 0.2) is 11.5 Å². The number of carbonyl (C=O) groups is 1. The Morgan fingerprint density at radius 3 is 2.45 bits per heavy atom. The molecular weight excluding hydrogens is 399 g/mol. The maximum Gasteiger partial charge on any atom is 0.252 e. The van der Waals surface area contributed by atoms with E-state index in [4.69, 9.17) is 14.0 Å². The van der Waals surface area contributed by atoms with E-state index in [1.54, 1.807) is 19.2 Å². The van der Waals surface area contributed by atoms with Crippen molar-refractivity contribution in [2.24, 2.45) is 0 Å². The third kappa shape index (κ3) is 3.34. The van der Waals surface area contributed by atoms with Crippen LogP contribution in [0.5, 0.6) is 11.5 Å². The Hall–Kier alpha value is -1.77. The molecule has 6 nitrogen and oxygen atoms in total. The third-order valence-corrected chi connectivity index (χ3v) is 4.22. The van der Waals surface area contributed by atoms with Gasteiger partial charge in [0.05, 0.1) is 25.5 Å². The van der Waals surface area contributed by atoms with Gasteiger partial charge in [0, 0.05) is 15.7 Å². The van der Waals surface area contributed by atoms with Crippen molar-refractivity contribution in [3.8, 4) is 11.5 Å². The molecule has 118 valence electrons. The predicted molar refractivity (Wildman–Crippen MR) is 89.4 cm³/mol. The highest BCUT2D eigenvalue weighted by atomic mass is 127. The van der Waals surface area contributed by atoms with E-state index in [2.05, 4.69) is 33.1 Å². The lowest BCUT2D eigenvalue weighted by Gasteiger charge is -2.12. The number of nitrogens with zero attached hydrogens (tertiary/aromatic N) is 1. The molecule has 2 rings (SSSR count). The van der Waals surface area contributed by atoms with Gasteiger partial charge in [-0.1, -0.05) is 5.16 Å². The topological polar surface area (TPSA) is 73.6 Å². The third-order valence-electron chi connectivity index (χ3n) is 3.32. The van der Waals surface area contributed by atoms with Crippen molar-refractivity contribution in [1.82, 2.24) is 10.5 Å². The Morgan fingerprint density at radius 1 is 1.27 bits per heavy atom. The summed E-state index contributed by atoms with van der Waals surface area (Å²) >= 11 is 2.10. The lowest BCUT2D eigenvalue weighted by atomic mass is 10.1. The first-order valence-corrected chi connectivity index (χ1v) is 7.67. The van der Waals surface area contributed by atoms with E-state index in [-0.39, 0.29) is 5.91 Å². The first-order chi connectivity index (χ1) is 10.5. The summed E-state index contributed by atoms with van der Waals surface area (Å²) in [5, 5.41) is 6.74. The summed E-state index contributed by atoms with van der Waals surface area (Å²) in [6.07, 6.45) is 0. The second kappa shape index (κ2) is 6.99. The van der Waals surface area contributed by atoms with Crippen LogP contribution in [0, 0.1) is 17.4 Å². The summed E-state index contributed by atoms with van der Waals surface area (Å²) in [4.78, 5) is 12.4. The normalized spacial score (nSPS) is 10.4. The number of ether oxygens (including phenoxy) is 2. The van der Waals surface area contributed by atoms with Gasteiger partial charge in [-0.25, -0.2) is 0 Å². The molecule has 0 radical (unpaired) electrons. The number of halogens is 1. The summed E-state index contributed by atoms with van der Waals surface area (Å²) in [5.74, 6) is 1.63. The van der Waals surface area contributed by atoms with Crippen molar-refractivity contribution >= 4 is 28.5 Å². The van der Waals surface area contributed by atoms with E-state index in [1.165, 1.54) is 7.11 Å². The fourth-order valence-electron chi connectivity index (χ4n) is 2.05. The van der Waals surface area contributed by atoms with Crippen molar-refractivity contribution in [3.05, 3.63) is 38.3 Å². The molecule has 7 heteroatoms. The zero-order valence-electron chi connectivity index (χ0n) is 12.8. The van der Waals surface area contributed by atoms with Gasteiger partial charge in [-0.05, 0) is 48.6 Å². The molecule has 0 aliphatic carbocycles. The molecule has 0 fully saturated rings. The highest BCUT2D eigenvalue weighted by Crippen LogP contribution is 2.31. The van der Waals surface area contributed by atoms with Crippen LogP contribution in [0.2, 0.25) is 0 Å². The number of nitrogens with one attached hydrogen (secondary N) is 1. The zero-order chi connectivity index (χ0) is 16.3. The van der Waals surface area contributed by atoms with Crippen molar-refractivity contribution in [3.63, 3.8) is 0 Å². The van der Waals surface area contributed by atoms with Crippen molar-refractivity contribution < 1.29 is 18.8 Å². The maximum absolute atomic E-state index is 12.4. The molecule has 0 atom stereocenters. The molecule has 0 saturated carbocycles. The maximum atomic E-state index is 12.4. The molecule has 0 bridgehead atoms. The van der Waals surface area contributed by atoms with Gasteiger partial charge in [-0.3, -0.25) is 4.79 Å². The Bertz CT molecular complexity index is 678. The molecule has 0 spiro atoms. The van der Waals surface area contributed by atoms with Crippen molar-refractivity contribution in [2.75, 3.05) is 14.2 Å². The lowest BCUT2D eigenvalue weighted by molar-refractivity contribution is 0.0949. The molecule has 0 aliphatic heterocycles. The molecule has 0 saturated heterocycles. The summed E-state index contributed by atoms with van der Waals surface area (Å²) in [5.41, 5.74) is 2.20. The Labute approximate surface area is 142 Å². The second-order valence-corrected chi connectivity index (χ2v) is 5.83. The van der Waals surface area contributed by atoms with Crippen LogP contribution in [0.3, 0.4) is 0 Å². The standard InChI is InChI=1S/C15H17IN2O4/c1-8-11(9(2)22-18-8)7-17-15(19)10-5-13(20-3)14(21-4)6-12(10)16/h5-6H,7H2,1-4H3,(H,17,19). The van der Waals surface area contributed by atoms with E-state index in [0.29, 0.717) is 29.4 Å². The average Bonchev–Trinajstić information content (AvgIpc) is 2.83. The molecule has 1 aromatic heterocycles. The predicted octanol–water partition coefficient (Wildman–Crippen LogP) is 2.84. The van der Waals surface area contributed by atoms with Crippen LogP contribution in [0.4, 0.5) is 0 Å². The number of hydrogen-bond donors (Lipinski definition) is 1. The van der Waals surface area contributed by atoms with Crippen LogP contribution in [0.1, 0.15) is 27.4 Å². The van der Waals surface area contributed by atoms with Gasteiger partial charge in [0.1, 0.15) is 5.76 Å². The minimum absolute atomic E-state index is 0.189. The Kier molecular flexibility index (Phi) is 5.28. The Balaban J connectivity index is 2.19. The quantitative estimate of drug-likeness (QED) is 0.760. The van der Waals surface area contributed by atoms with E-state index in [9.17, 15) is 4.79 Å². The van der Waals surface area contributed by atoms with Gasteiger partial charge in [0.2, 0.25) is 0 Å². The largest absolute Gasteiger partial charge is 0.493 e. The van der Waals surface area contributed by atoms with Crippen LogP contribution in [-0.4, -0.2) is 25.3 Å². The minimum Gasteiger partial charge on any atom is -0.493 e. The molecule has 1 aromatic carbocycles. The smallest absolute Gasteiger partial charge is 0.252 e. The molecule has 0 aliphatic rings. The van der Waals surface area contributed by atoms with Crippen LogP contribution >= 0.6 is 22.6 Å². The van der Waals surface area contributed by atoms with Gasteiger partial charge in [-0.2, -0.15) is 0 Å². The van der Waals surface area contributed by atoms with Gasteiger partial charge >= 0.3 is 0 Å². The van der Waals surface area contributed by atoms with Crippen LogP contribution in [0.25, 0.3) is 0 Å². The molecule has 1 heterocycles. The fraction of sp³-hybridized carbons (Fsp3) is 0.333. The number of rotatable bonds is 5. The number of carbonyl (C=O) groups excluding carboxylic acids is 1.